The van der Waals surface area contributed by atoms with E-state index in [0.29, 0.717) is 25.9 Å². The third-order valence-corrected chi connectivity index (χ3v) is 9.62. The van der Waals surface area contributed by atoms with Gasteiger partial charge in [0.1, 0.15) is 12.1 Å². The Morgan fingerprint density at radius 1 is 1.28 bits per heavy atom. The molecule has 0 spiro atoms. The zero-order chi connectivity index (χ0) is 27.3. The highest BCUT2D eigenvalue weighted by Gasteiger charge is 2.70. The van der Waals surface area contributed by atoms with E-state index in [-0.39, 0.29) is 24.3 Å². The number of amides is 3. The predicted octanol–water partition coefficient (Wildman–Crippen LogP) is 1.55. The number of carbonyl (C=O) groups excluding carboxylic acids is 3. The summed E-state index contributed by atoms with van der Waals surface area (Å²) in [7, 11) is 2.03. The van der Waals surface area contributed by atoms with Crippen LogP contribution in [0.3, 0.4) is 0 Å². The number of benzene rings is 1. The normalized spacial score (nSPS) is 35.6. The van der Waals surface area contributed by atoms with Crippen LogP contribution in [0, 0.1) is 5.92 Å². The van der Waals surface area contributed by atoms with E-state index in [4.69, 9.17) is 4.74 Å². The van der Waals surface area contributed by atoms with E-state index in [1.807, 2.05) is 26.1 Å². The highest BCUT2D eigenvalue weighted by Crippen LogP contribution is 2.47. The van der Waals surface area contributed by atoms with E-state index < -0.39 is 35.5 Å². The smallest absolute Gasteiger partial charge is 0.280 e. The third kappa shape index (κ3) is 3.22. The van der Waals surface area contributed by atoms with Gasteiger partial charge in [0.25, 0.3) is 11.8 Å². The topological polar surface area (TPSA) is 118 Å². The van der Waals surface area contributed by atoms with Crippen molar-refractivity contribution in [2.45, 2.75) is 75.7 Å². The molecule has 1 aromatic heterocycles. The molecule has 39 heavy (non-hydrogen) atoms. The molecule has 206 valence electrons. The van der Waals surface area contributed by atoms with Gasteiger partial charge in [0.2, 0.25) is 17.5 Å². The minimum absolute atomic E-state index is 0.126. The maximum Gasteiger partial charge on any atom is 0.280 e. The highest BCUT2D eigenvalue weighted by molar-refractivity contribution is 6.01. The van der Waals surface area contributed by atoms with Crippen molar-refractivity contribution in [3.63, 3.8) is 0 Å². The number of nitrogens with zero attached hydrogens (tertiary/aromatic N) is 3. The van der Waals surface area contributed by atoms with Crippen LogP contribution in [0.15, 0.2) is 30.5 Å². The molecule has 3 saturated heterocycles. The van der Waals surface area contributed by atoms with E-state index in [1.165, 1.54) is 15.8 Å². The monoisotopic (exact) mass is 533 g/mol. The molecule has 3 fully saturated rings. The molecule has 10 nitrogen and oxygen atoms in total. The number of rotatable bonds is 4. The average Bonchev–Trinajstić information content (AvgIpc) is 3.64. The van der Waals surface area contributed by atoms with Crippen LogP contribution in [0.2, 0.25) is 0 Å². The van der Waals surface area contributed by atoms with Gasteiger partial charge in [0.05, 0.1) is 5.92 Å². The Morgan fingerprint density at radius 2 is 2.10 bits per heavy atom. The molecule has 3 amide bonds. The Kier molecular flexibility index (Phi) is 5.34. The Hall–Kier alpha value is -3.21. The average molecular weight is 534 g/mol. The number of hydrogen-bond donors (Lipinski definition) is 3. The Bertz CT molecular complexity index is 1430. The molecule has 7 rings (SSSR count). The van der Waals surface area contributed by atoms with E-state index >= 15 is 0 Å². The summed E-state index contributed by atoms with van der Waals surface area (Å²) < 4.78 is 6.24. The standard InChI is InChI=1S/C29H35N5O5/c1-4-21-26(36)33-11-7-10-23(33)29(38)34(21)27(37)28(5-2,39-29)31-25(35)17-12-19-18-8-6-9-20-24(18)16(14-30-20)13-22(19)32(3)15-17/h6,8-9,12,14,17,21-23,30,38H,4-5,7,10-11,13,15H2,1-3H3,(H,31,35)/t17-,21-,22-,23+,28-,29+/m1/s1. The molecule has 0 unspecified atom stereocenters. The molecular formula is C29H35N5O5. The van der Waals surface area contributed by atoms with Crippen molar-refractivity contribution in [1.82, 2.24) is 25.0 Å². The fourth-order valence-electron chi connectivity index (χ4n) is 7.66. The molecular weight excluding hydrogens is 498 g/mol. The van der Waals surface area contributed by atoms with Crippen molar-refractivity contribution in [3.8, 4) is 0 Å². The fraction of sp³-hybridized carbons (Fsp3) is 0.552. The van der Waals surface area contributed by atoms with Crippen molar-refractivity contribution >= 4 is 34.2 Å². The number of carbonyl (C=O) groups is 3. The summed E-state index contributed by atoms with van der Waals surface area (Å²) in [6, 6.07) is 4.87. The highest BCUT2D eigenvalue weighted by atomic mass is 16.7. The second kappa shape index (κ2) is 8.39. The Balaban J connectivity index is 1.22. The first kappa shape index (κ1) is 24.8. The Labute approximate surface area is 226 Å². The first-order chi connectivity index (χ1) is 18.7. The number of piperazine rings is 1. The molecule has 10 heteroatoms. The molecule has 1 aromatic carbocycles. The summed E-state index contributed by atoms with van der Waals surface area (Å²) >= 11 is 0. The zero-order valence-electron chi connectivity index (χ0n) is 22.6. The van der Waals surface area contributed by atoms with Gasteiger partial charge in [-0.15, -0.1) is 0 Å². The summed E-state index contributed by atoms with van der Waals surface area (Å²) in [5, 5.41) is 15.9. The van der Waals surface area contributed by atoms with Crippen LogP contribution in [-0.4, -0.2) is 92.4 Å². The van der Waals surface area contributed by atoms with Gasteiger partial charge in [-0.1, -0.05) is 32.1 Å². The molecule has 2 aromatic rings. The molecule has 5 aliphatic rings. The quantitative estimate of drug-likeness (QED) is 0.549. The molecule has 6 atom stereocenters. The Morgan fingerprint density at radius 3 is 2.87 bits per heavy atom. The van der Waals surface area contributed by atoms with Gasteiger partial charge in [-0.25, -0.2) is 0 Å². The van der Waals surface area contributed by atoms with Gasteiger partial charge in [-0.3, -0.25) is 28.9 Å². The van der Waals surface area contributed by atoms with Crippen LogP contribution in [0.5, 0.6) is 0 Å². The first-order valence-corrected chi connectivity index (χ1v) is 14.1. The van der Waals surface area contributed by atoms with Crippen LogP contribution < -0.4 is 5.32 Å². The summed E-state index contributed by atoms with van der Waals surface area (Å²) in [5.74, 6) is -3.54. The van der Waals surface area contributed by atoms with Crippen molar-refractivity contribution in [1.29, 1.82) is 0 Å². The third-order valence-electron chi connectivity index (χ3n) is 9.62. The molecule has 0 saturated carbocycles. The van der Waals surface area contributed by atoms with E-state index in [1.54, 1.807) is 11.8 Å². The zero-order valence-corrected chi connectivity index (χ0v) is 22.6. The van der Waals surface area contributed by atoms with Crippen molar-refractivity contribution in [2.24, 2.45) is 5.92 Å². The second-order valence-corrected chi connectivity index (χ2v) is 11.6. The van der Waals surface area contributed by atoms with Crippen LogP contribution in [0.1, 0.15) is 50.7 Å². The molecule has 4 aliphatic heterocycles. The van der Waals surface area contributed by atoms with Crippen LogP contribution >= 0.6 is 0 Å². The lowest BCUT2D eigenvalue weighted by atomic mass is 9.79. The summed E-state index contributed by atoms with van der Waals surface area (Å²) in [6.07, 6.45) is 6.70. The lowest BCUT2D eigenvalue weighted by Gasteiger charge is -2.48. The minimum Gasteiger partial charge on any atom is -0.361 e. The van der Waals surface area contributed by atoms with E-state index in [9.17, 15) is 19.5 Å². The second-order valence-electron chi connectivity index (χ2n) is 11.6. The van der Waals surface area contributed by atoms with Crippen LogP contribution in [-0.2, 0) is 25.5 Å². The van der Waals surface area contributed by atoms with Crippen molar-refractivity contribution in [2.75, 3.05) is 20.1 Å². The number of aromatic amines is 1. The predicted molar refractivity (Wildman–Crippen MR) is 143 cm³/mol. The first-order valence-electron chi connectivity index (χ1n) is 14.1. The molecule has 5 heterocycles. The lowest BCUT2D eigenvalue weighted by molar-refractivity contribution is -0.317. The molecule has 3 N–H and O–H groups in total. The van der Waals surface area contributed by atoms with Crippen LogP contribution in [0.4, 0.5) is 0 Å². The molecule has 0 bridgehead atoms. The number of aromatic nitrogens is 1. The number of ether oxygens (including phenoxy) is 1. The summed E-state index contributed by atoms with van der Waals surface area (Å²) in [4.78, 5) is 49.5. The van der Waals surface area contributed by atoms with E-state index in [0.717, 1.165) is 29.5 Å². The van der Waals surface area contributed by atoms with Crippen molar-refractivity contribution < 1.29 is 24.2 Å². The number of likely N-dealkylation sites (N-methyl/N-ethyl adjacent to an activating group) is 1. The number of aliphatic hydroxyl groups is 1. The van der Waals surface area contributed by atoms with Gasteiger partial charge >= 0.3 is 0 Å². The van der Waals surface area contributed by atoms with Gasteiger partial charge in [0, 0.05) is 42.7 Å². The maximum absolute atomic E-state index is 14.0. The van der Waals surface area contributed by atoms with Crippen molar-refractivity contribution in [3.05, 3.63) is 41.6 Å². The number of hydrogen-bond acceptors (Lipinski definition) is 6. The number of H-pyrrole nitrogens is 1. The summed E-state index contributed by atoms with van der Waals surface area (Å²) in [5.41, 5.74) is 2.85. The molecule has 1 aliphatic carbocycles. The van der Waals surface area contributed by atoms with E-state index in [2.05, 4.69) is 33.5 Å². The maximum atomic E-state index is 14.0. The van der Waals surface area contributed by atoms with Crippen LogP contribution in [0.25, 0.3) is 16.5 Å². The number of fused-ring (bicyclic) bond motifs is 5. The lowest BCUT2D eigenvalue weighted by Crippen LogP contribution is -2.71. The SMILES string of the molecule is CC[C@@H]1C(=O)N2CCC[C@H]2[C@]2(O)O[C@@](CC)(NC(=O)[C@@H]3C=C4c5cccc6[nH]cc(c56)C[C@H]4N(C)C3)C(=O)N12. The van der Waals surface area contributed by atoms with Gasteiger partial charge in [-0.2, -0.15) is 0 Å². The van der Waals surface area contributed by atoms with Gasteiger partial charge in [0.15, 0.2) is 0 Å². The summed E-state index contributed by atoms with van der Waals surface area (Å²) in [6.45, 7) is 4.59. The molecule has 0 radical (unpaired) electrons. The fourth-order valence-corrected chi connectivity index (χ4v) is 7.66. The van der Waals surface area contributed by atoms with Gasteiger partial charge < -0.3 is 20.3 Å². The number of nitrogens with one attached hydrogen (secondary N) is 2. The minimum atomic E-state index is -1.97. The van der Waals surface area contributed by atoms with Gasteiger partial charge in [-0.05, 0) is 55.5 Å². The largest absolute Gasteiger partial charge is 0.361 e.